The second-order valence-electron chi connectivity index (χ2n) is 7.91. The zero-order valence-corrected chi connectivity index (χ0v) is 18.1. The molecule has 0 saturated heterocycles. The first kappa shape index (κ1) is 20.6. The second kappa shape index (κ2) is 8.67. The Kier molecular flexibility index (Phi) is 5.41. The standard InChI is InChI=1S/C29H23NO3/c1-2-29(32)33-24-17-15-20-18-23(16-14-21(20)19-24)30(22-8-4-3-5-9-22)27-12-6-11-26-25(27)10-7-13-28(26)31/h2,4,6-19,31H,1,3,5H2. The number of fused-ring (bicyclic) bond motifs is 2. The lowest BCUT2D eigenvalue weighted by Gasteiger charge is -2.29. The van der Waals surface area contributed by atoms with Crippen molar-refractivity contribution in [3.8, 4) is 11.5 Å². The van der Waals surface area contributed by atoms with E-state index in [4.69, 9.17) is 4.74 Å². The number of phenols is 1. The van der Waals surface area contributed by atoms with Gasteiger partial charge in [-0.1, -0.05) is 55.1 Å². The van der Waals surface area contributed by atoms with Gasteiger partial charge in [0.05, 0.1) is 5.69 Å². The maximum absolute atomic E-state index is 11.5. The minimum absolute atomic E-state index is 0.266. The summed E-state index contributed by atoms with van der Waals surface area (Å²) < 4.78 is 5.26. The summed E-state index contributed by atoms with van der Waals surface area (Å²) in [5.41, 5.74) is 3.09. The Hall–Kier alpha value is -4.31. The van der Waals surface area contributed by atoms with Gasteiger partial charge < -0.3 is 14.7 Å². The summed E-state index contributed by atoms with van der Waals surface area (Å²) in [4.78, 5) is 13.8. The van der Waals surface area contributed by atoms with Gasteiger partial charge in [-0.15, -0.1) is 0 Å². The van der Waals surface area contributed by atoms with Gasteiger partial charge in [-0.05, 0) is 66.1 Å². The lowest BCUT2D eigenvalue weighted by atomic mass is 10.0. The first-order chi connectivity index (χ1) is 16.1. The number of allylic oxidation sites excluding steroid dienone is 3. The Morgan fingerprint density at radius 3 is 2.55 bits per heavy atom. The number of benzene rings is 4. The highest BCUT2D eigenvalue weighted by Gasteiger charge is 2.18. The van der Waals surface area contributed by atoms with Crippen LogP contribution in [0.25, 0.3) is 21.5 Å². The summed E-state index contributed by atoms with van der Waals surface area (Å²) in [7, 11) is 0. The number of carbonyl (C=O) groups excluding carboxylic acids is 1. The fourth-order valence-electron chi connectivity index (χ4n) is 4.24. The molecule has 0 bridgehead atoms. The Morgan fingerprint density at radius 1 is 0.939 bits per heavy atom. The van der Waals surface area contributed by atoms with Crippen LogP contribution in [-0.2, 0) is 4.79 Å². The normalized spacial score (nSPS) is 13.0. The summed E-state index contributed by atoms with van der Waals surface area (Å²) in [6, 6.07) is 23.4. The zero-order chi connectivity index (χ0) is 22.8. The van der Waals surface area contributed by atoms with Gasteiger partial charge in [0.15, 0.2) is 0 Å². The molecule has 4 aromatic carbocycles. The summed E-state index contributed by atoms with van der Waals surface area (Å²) >= 11 is 0. The molecule has 4 aromatic rings. The fraction of sp³-hybridized carbons (Fsp3) is 0.0690. The van der Waals surface area contributed by atoms with Gasteiger partial charge in [0, 0.05) is 28.2 Å². The van der Waals surface area contributed by atoms with Crippen LogP contribution < -0.4 is 9.64 Å². The van der Waals surface area contributed by atoms with Crippen LogP contribution in [0.3, 0.4) is 0 Å². The van der Waals surface area contributed by atoms with Gasteiger partial charge in [-0.25, -0.2) is 4.79 Å². The van der Waals surface area contributed by atoms with E-state index in [1.165, 1.54) is 0 Å². The number of rotatable bonds is 5. The number of ether oxygens (including phenoxy) is 1. The molecule has 0 fully saturated rings. The molecule has 1 aliphatic rings. The van der Waals surface area contributed by atoms with E-state index >= 15 is 0 Å². The number of esters is 1. The summed E-state index contributed by atoms with van der Waals surface area (Å²) in [6.07, 6.45) is 9.73. The predicted octanol–water partition coefficient (Wildman–Crippen LogP) is 7.16. The van der Waals surface area contributed by atoms with Crippen LogP contribution in [0.5, 0.6) is 11.5 Å². The van der Waals surface area contributed by atoms with Crippen LogP contribution in [0.2, 0.25) is 0 Å². The number of aromatic hydroxyl groups is 1. The molecule has 0 saturated carbocycles. The van der Waals surface area contributed by atoms with Crippen molar-refractivity contribution in [1.82, 2.24) is 0 Å². The summed E-state index contributed by atoms with van der Waals surface area (Å²) in [5.74, 6) is 0.273. The first-order valence-electron chi connectivity index (χ1n) is 10.9. The number of hydrogen-bond donors (Lipinski definition) is 1. The molecule has 1 N–H and O–H groups in total. The van der Waals surface area contributed by atoms with Crippen molar-refractivity contribution < 1.29 is 14.6 Å². The van der Waals surface area contributed by atoms with E-state index in [-0.39, 0.29) is 5.75 Å². The number of phenolic OH excluding ortho intramolecular Hbond substituents is 1. The van der Waals surface area contributed by atoms with Crippen molar-refractivity contribution in [2.45, 2.75) is 12.8 Å². The van der Waals surface area contributed by atoms with Crippen LogP contribution in [0.4, 0.5) is 11.4 Å². The van der Waals surface area contributed by atoms with E-state index in [9.17, 15) is 9.90 Å². The Labute approximate surface area is 192 Å². The van der Waals surface area contributed by atoms with Crippen LogP contribution in [-0.4, -0.2) is 11.1 Å². The highest BCUT2D eigenvalue weighted by Crippen LogP contribution is 2.40. The molecule has 0 atom stereocenters. The SMILES string of the molecule is C=CC(=O)Oc1ccc2cc(N(C3=CCCC=C3)c3cccc4c(O)cccc34)ccc2c1. The third kappa shape index (κ3) is 3.99. The summed E-state index contributed by atoms with van der Waals surface area (Å²) in [5, 5.41) is 14.2. The number of anilines is 2. The molecule has 0 amide bonds. The molecule has 0 aromatic heterocycles. The topological polar surface area (TPSA) is 49.8 Å². The van der Waals surface area contributed by atoms with Crippen molar-refractivity contribution in [2.24, 2.45) is 0 Å². The van der Waals surface area contributed by atoms with E-state index in [1.54, 1.807) is 12.1 Å². The third-order valence-electron chi connectivity index (χ3n) is 5.79. The average Bonchev–Trinajstić information content (AvgIpc) is 2.85. The largest absolute Gasteiger partial charge is 0.507 e. The van der Waals surface area contributed by atoms with Gasteiger partial charge in [0.1, 0.15) is 11.5 Å². The van der Waals surface area contributed by atoms with Crippen LogP contribution in [0.15, 0.2) is 109 Å². The molecule has 5 rings (SSSR count). The maximum Gasteiger partial charge on any atom is 0.335 e. The molecule has 33 heavy (non-hydrogen) atoms. The van der Waals surface area contributed by atoms with E-state index in [0.29, 0.717) is 5.75 Å². The zero-order valence-electron chi connectivity index (χ0n) is 18.1. The molecule has 162 valence electrons. The van der Waals surface area contributed by atoms with Crippen molar-refractivity contribution in [1.29, 1.82) is 0 Å². The monoisotopic (exact) mass is 433 g/mol. The molecule has 0 heterocycles. The van der Waals surface area contributed by atoms with Crippen LogP contribution in [0, 0.1) is 0 Å². The van der Waals surface area contributed by atoms with Gasteiger partial charge in [-0.2, -0.15) is 0 Å². The molecule has 0 unspecified atom stereocenters. The number of hydrogen-bond acceptors (Lipinski definition) is 4. The van der Waals surface area contributed by atoms with Crippen molar-refractivity contribution in [3.05, 3.63) is 109 Å². The quantitative estimate of drug-likeness (QED) is 0.206. The van der Waals surface area contributed by atoms with Gasteiger partial charge >= 0.3 is 5.97 Å². The lowest BCUT2D eigenvalue weighted by molar-refractivity contribution is -0.128. The minimum Gasteiger partial charge on any atom is -0.507 e. The van der Waals surface area contributed by atoms with Crippen molar-refractivity contribution >= 4 is 38.9 Å². The first-order valence-corrected chi connectivity index (χ1v) is 10.9. The highest BCUT2D eigenvalue weighted by molar-refractivity contribution is 6.01. The smallest absolute Gasteiger partial charge is 0.335 e. The van der Waals surface area contributed by atoms with E-state index in [0.717, 1.165) is 57.5 Å². The minimum atomic E-state index is -0.479. The Balaban J connectivity index is 1.65. The second-order valence-corrected chi connectivity index (χ2v) is 7.91. The summed E-state index contributed by atoms with van der Waals surface area (Å²) in [6.45, 7) is 3.44. The molecule has 0 radical (unpaired) electrons. The Morgan fingerprint density at radius 2 is 1.73 bits per heavy atom. The number of carbonyl (C=O) groups is 1. The van der Waals surface area contributed by atoms with E-state index < -0.39 is 5.97 Å². The molecule has 0 spiro atoms. The molecule has 4 heteroatoms. The van der Waals surface area contributed by atoms with Crippen LogP contribution >= 0.6 is 0 Å². The van der Waals surface area contributed by atoms with Gasteiger partial charge in [-0.3, -0.25) is 0 Å². The predicted molar refractivity (Wildman–Crippen MR) is 134 cm³/mol. The van der Waals surface area contributed by atoms with Gasteiger partial charge in [0.2, 0.25) is 0 Å². The number of nitrogens with zero attached hydrogens (tertiary/aromatic N) is 1. The lowest BCUT2D eigenvalue weighted by Crippen LogP contribution is -2.16. The van der Waals surface area contributed by atoms with Crippen LogP contribution in [0.1, 0.15) is 12.8 Å². The Bertz CT molecular complexity index is 1450. The van der Waals surface area contributed by atoms with E-state index in [2.05, 4.69) is 47.9 Å². The molecule has 0 aliphatic heterocycles. The average molecular weight is 434 g/mol. The molecule has 4 nitrogen and oxygen atoms in total. The fourth-order valence-corrected chi connectivity index (χ4v) is 4.24. The molecular formula is C29H23NO3. The van der Waals surface area contributed by atoms with Gasteiger partial charge in [0.25, 0.3) is 0 Å². The third-order valence-corrected chi connectivity index (χ3v) is 5.79. The van der Waals surface area contributed by atoms with Crippen molar-refractivity contribution in [2.75, 3.05) is 4.90 Å². The maximum atomic E-state index is 11.5. The van der Waals surface area contributed by atoms with Crippen molar-refractivity contribution in [3.63, 3.8) is 0 Å². The molecule has 1 aliphatic carbocycles. The molecular weight excluding hydrogens is 410 g/mol. The van der Waals surface area contributed by atoms with E-state index in [1.807, 2.05) is 42.5 Å². The highest BCUT2D eigenvalue weighted by atomic mass is 16.5.